The van der Waals surface area contributed by atoms with Gasteiger partial charge in [-0.2, -0.15) is 0 Å². The van der Waals surface area contributed by atoms with E-state index in [4.69, 9.17) is 26.2 Å². The van der Waals surface area contributed by atoms with Crippen LogP contribution in [0.3, 0.4) is 0 Å². The van der Waals surface area contributed by atoms with E-state index in [9.17, 15) is 9.59 Å². The summed E-state index contributed by atoms with van der Waals surface area (Å²) in [7, 11) is 1.96. The summed E-state index contributed by atoms with van der Waals surface area (Å²) in [6.07, 6.45) is 3.35. The third-order valence-electron chi connectivity index (χ3n) is 6.28. The summed E-state index contributed by atoms with van der Waals surface area (Å²) in [5.41, 5.74) is 2.06. The van der Waals surface area contributed by atoms with Crippen LogP contribution in [-0.4, -0.2) is 77.4 Å². The van der Waals surface area contributed by atoms with Crippen molar-refractivity contribution in [1.29, 1.82) is 0 Å². The van der Waals surface area contributed by atoms with E-state index in [0.717, 1.165) is 17.7 Å². The molecule has 2 amide bonds. The molecular formula is C25H31ClN4O5. The molecule has 2 saturated heterocycles. The van der Waals surface area contributed by atoms with Crippen molar-refractivity contribution in [2.45, 2.75) is 44.5 Å². The van der Waals surface area contributed by atoms with Crippen molar-refractivity contribution < 1.29 is 24.2 Å². The molecule has 35 heavy (non-hydrogen) atoms. The fourth-order valence-corrected chi connectivity index (χ4v) is 4.48. The molecule has 0 aliphatic carbocycles. The number of hydrogen-bond acceptors (Lipinski definition) is 7. The van der Waals surface area contributed by atoms with Crippen LogP contribution in [0.4, 0.5) is 4.79 Å². The van der Waals surface area contributed by atoms with Gasteiger partial charge < -0.3 is 29.7 Å². The van der Waals surface area contributed by atoms with Crippen molar-refractivity contribution in [2.75, 3.05) is 33.4 Å². The molecule has 2 atom stereocenters. The molecule has 9 nitrogen and oxygen atoms in total. The molecule has 0 radical (unpaired) electrons. The van der Waals surface area contributed by atoms with E-state index < -0.39 is 0 Å². The molecule has 10 heteroatoms. The Bertz CT molecular complexity index is 1040. The SMILES string of the molecule is CN(CCCO)Cc1cnc(C(=O)NCc2ccc(Cl)cc2)cc1O[C@H]1CCN2C(=O)OC[C@@H]2C1. The standard InChI is InChI=1S/C25H31ClN4O5/c1-29(8-2-10-31)15-18-14-27-22(24(32)28-13-17-3-5-19(26)6-4-17)12-23(18)35-21-7-9-30-20(11-21)16-34-25(30)33/h3-6,12,14,20-21,31H,2,7-11,13,15-16H2,1H3,(H,28,32)/t20-,21-/m0/s1. The Kier molecular flexibility index (Phi) is 8.43. The van der Waals surface area contributed by atoms with E-state index in [0.29, 0.717) is 56.3 Å². The summed E-state index contributed by atoms with van der Waals surface area (Å²) >= 11 is 5.93. The van der Waals surface area contributed by atoms with Gasteiger partial charge in [-0.1, -0.05) is 23.7 Å². The van der Waals surface area contributed by atoms with Crippen molar-refractivity contribution >= 4 is 23.6 Å². The van der Waals surface area contributed by atoms with Crippen LogP contribution in [0.1, 0.15) is 40.9 Å². The fourth-order valence-electron chi connectivity index (χ4n) is 4.35. The lowest BCUT2D eigenvalue weighted by molar-refractivity contribution is 0.0902. The van der Waals surface area contributed by atoms with Crippen molar-refractivity contribution in [3.05, 3.63) is 58.4 Å². The van der Waals surface area contributed by atoms with Crippen LogP contribution in [-0.2, 0) is 17.8 Å². The smallest absolute Gasteiger partial charge is 0.410 e. The number of aromatic nitrogens is 1. The number of aliphatic hydroxyl groups excluding tert-OH is 1. The molecule has 2 aromatic rings. The highest BCUT2D eigenvalue weighted by atomic mass is 35.5. The molecule has 0 saturated carbocycles. The number of amides is 2. The largest absolute Gasteiger partial charge is 0.490 e. The highest BCUT2D eigenvalue weighted by Crippen LogP contribution is 2.29. The fraction of sp³-hybridized carbons (Fsp3) is 0.480. The molecule has 2 N–H and O–H groups in total. The van der Waals surface area contributed by atoms with Crippen LogP contribution < -0.4 is 10.1 Å². The number of rotatable bonds is 10. The summed E-state index contributed by atoms with van der Waals surface area (Å²) in [4.78, 5) is 32.9. The molecule has 188 valence electrons. The van der Waals surface area contributed by atoms with E-state index in [1.165, 1.54) is 0 Å². The second-order valence-corrected chi connectivity index (χ2v) is 9.43. The monoisotopic (exact) mass is 502 g/mol. The van der Waals surface area contributed by atoms with E-state index in [1.54, 1.807) is 29.3 Å². The first-order chi connectivity index (χ1) is 16.9. The van der Waals surface area contributed by atoms with Crippen molar-refractivity contribution in [1.82, 2.24) is 20.1 Å². The van der Waals surface area contributed by atoms with Gasteiger partial charge in [-0.3, -0.25) is 9.78 Å². The predicted molar refractivity (Wildman–Crippen MR) is 130 cm³/mol. The summed E-state index contributed by atoms with van der Waals surface area (Å²) in [5.74, 6) is 0.311. The number of carbonyl (C=O) groups excluding carboxylic acids is 2. The molecule has 2 aliphatic heterocycles. The maximum atomic E-state index is 12.8. The van der Waals surface area contributed by atoms with Crippen LogP contribution in [0.2, 0.25) is 5.02 Å². The molecule has 0 bridgehead atoms. The molecule has 3 heterocycles. The van der Waals surface area contributed by atoms with Crippen LogP contribution in [0.25, 0.3) is 0 Å². The number of piperidine rings is 1. The highest BCUT2D eigenvalue weighted by Gasteiger charge is 2.39. The number of hydrogen-bond donors (Lipinski definition) is 2. The highest BCUT2D eigenvalue weighted by molar-refractivity contribution is 6.30. The van der Waals surface area contributed by atoms with Gasteiger partial charge >= 0.3 is 6.09 Å². The van der Waals surface area contributed by atoms with Gasteiger partial charge in [-0.25, -0.2) is 4.79 Å². The van der Waals surface area contributed by atoms with Gasteiger partial charge in [0.1, 0.15) is 24.2 Å². The third-order valence-corrected chi connectivity index (χ3v) is 6.53. The first-order valence-electron chi connectivity index (χ1n) is 11.8. The van der Waals surface area contributed by atoms with E-state index in [1.807, 2.05) is 19.2 Å². The van der Waals surface area contributed by atoms with Gasteiger partial charge in [0.25, 0.3) is 5.91 Å². The minimum atomic E-state index is -0.297. The second-order valence-electron chi connectivity index (χ2n) is 8.99. The second kappa shape index (κ2) is 11.7. The number of halogens is 1. The molecule has 2 aliphatic rings. The first kappa shape index (κ1) is 25.2. The van der Waals surface area contributed by atoms with Crippen LogP contribution in [0.15, 0.2) is 36.5 Å². The maximum Gasteiger partial charge on any atom is 0.410 e. The van der Waals surface area contributed by atoms with E-state index in [2.05, 4.69) is 15.2 Å². The Morgan fingerprint density at radius 2 is 2.17 bits per heavy atom. The molecule has 2 fully saturated rings. The average molecular weight is 503 g/mol. The first-order valence-corrected chi connectivity index (χ1v) is 12.2. The zero-order chi connectivity index (χ0) is 24.8. The van der Waals surface area contributed by atoms with Gasteiger partial charge in [-0.15, -0.1) is 0 Å². The summed E-state index contributed by atoms with van der Waals surface area (Å²) in [5, 5.41) is 12.7. The summed E-state index contributed by atoms with van der Waals surface area (Å²) < 4.78 is 11.6. The third kappa shape index (κ3) is 6.62. The lowest BCUT2D eigenvalue weighted by atomic mass is 10.0. The Labute approximate surface area is 210 Å². The molecular weight excluding hydrogens is 472 g/mol. The average Bonchev–Trinajstić information content (AvgIpc) is 3.23. The van der Waals surface area contributed by atoms with Crippen LogP contribution >= 0.6 is 11.6 Å². The number of carbonyl (C=O) groups is 2. The number of fused-ring (bicyclic) bond motifs is 1. The zero-order valence-electron chi connectivity index (χ0n) is 19.8. The van der Waals surface area contributed by atoms with E-state index >= 15 is 0 Å². The van der Waals surface area contributed by atoms with Crippen LogP contribution in [0.5, 0.6) is 5.75 Å². The Balaban J connectivity index is 1.47. The minimum absolute atomic E-state index is 0.0147. The number of nitrogens with one attached hydrogen (secondary N) is 1. The van der Waals surface area contributed by atoms with Gasteiger partial charge in [0.2, 0.25) is 0 Å². The normalized spacial score (nSPS) is 19.4. The Morgan fingerprint density at radius 1 is 1.37 bits per heavy atom. The quantitative estimate of drug-likeness (QED) is 0.514. The number of nitrogens with zero attached hydrogens (tertiary/aromatic N) is 3. The van der Waals surface area contributed by atoms with Gasteiger partial charge in [0, 0.05) is 68.5 Å². The number of ether oxygens (including phenoxy) is 2. The molecule has 1 aromatic carbocycles. The maximum absolute atomic E-state index is 12.8. The van der Waals surface area contributed by atoms with E-state index in [-0.39, 0.29) is 36.4 Å². The van der Waals surface area contributed by atoms with Crippen LogP contribution in [0, 0.1) is 0 Å². The lowest BCUT2D eigenvalue weighted by Gasteiger charge is -2.33. The summed E-state index contributed by atoms with van der Waals surface area (Å²) in [6.45, 7) is 2.73. The van der Waals surface area contributed by atoms with Crippen molar-refractivity contribution in [3.8, 4) is 5.75 Å². The number of pyridine rings is 1. The zero-order valence-corrected chi connectivity index (χ0v) is 20.5. The number of benzene rings is 1. The van der Waals surface area contributed by atoms with Gasteiger partial charge in [0.15, 0.2) is 0 Å². The lowest BCUT2D eigenvalue weighted by Crippen LogP contribution is -2.44. The Morgan fingerprint density at radius 3 is 2.94 bits per heavy atom. The topological polar surface area (TPSA) is 104 Å². The van der Waals surface area contributed by atoms with Crippen molar-refractivity contribution in [3.63, 3.8) is 0 Å². The van der Waals surface area contributed by atoms with Crippen molar-refractivity contribution in [2.24, 2.45) is 0 Å². The molecule has 0 unspecified atom stereocenters. The Hall–Kier alpha value is -2.88. The molecule has 0 spiro atoms. The van der Waals surface area contributed by atoms with Gasteiger partial charge in [0.05, 0.1) is 6.04 Å². The summed E-state index contributed by atoms with van der Waals surface area (Å²) in [6, 6.07) is 8.99. The van der Waals surface area contributed by atoms with Gasteiger partial charge in [-0.05, 0) is 31.2 Å². The molecule has 4 rings (SSSR count). The minimum Gasteiger partial charge on any atom is -0.490 e. The number of cyclic esters (lactones) is 1. The molecule has 1 aromatic heterocycles. The number of aliphatic hydroxyl groups is 1. The predicted octanol–water partition coefficient (Wildman–Crippen LogP) is 2.84.